The zero-order valence-corrected chi connectivity index (χ0v) is 15.4. The SMILES string of the molecule is O=C1CCC(N2C(=O)c3cccc(CNC4CC5CNC4C5)c3C2=O)C(=O)N1. The van der Waals surface area contributed by atoms with Crippen molar-refractivity contribution < 1.29 is 19.2 Å². The van der Waals surface area contributed by atoms with Crippen molar-refractivity contribution in [2.24, 2.45) is 5.92 Å². The molecule has 1 aromatic rings. The van der Waals surface area contributed by atoms with Gasteiger partial charge in [-0.15, -0.1) is 0 Å². The highest BCUT2D eigenvalue weighted by Crippen LogP contribution is 2.33. The molecule has 3 heterocycles. The van der Waals surface area contributed by atoms with Crippen molar-refractivity contribution in [3.05, 3.63) is 34.9 Å². The summed E-state index contributed by atoms with van der Waals surface area (Å²) in [6.45, 7) is 1.58. The third kappa shape index (κ3) is 2.67. The zero-order valence-electron chi connectivity index (χ0n) is 15.4. The first kappa shape index (κ1) is 17.5. The molecule has 8 nitrogen and oxygen atoms in total. The summed E-state index contributed by atoms with van der Waals surface area (Å²) in [6, 6.07) is 5.16. The van der Waals surface area contributed by atoms with E-state index in [4.69, 9.17) is 0 Å². The predicted molar refractivity (Wildman–Crippen MR) is 98.3 cm³/mol. The lowest BCUT2D eigenvalue weighted by molar-refractivity contribution is -0.136. The number of amides is 4. The van der Waals surface area contributed by atoms with E-state index in [1.165, 1.54) is 6.42 Å². The molecule has 0 spiro atoms. The summed E-state index contributed by atoms with van der Waals surface area (Å²) in [5, 5.41) is 9.26. The van der Waals surface area contributed by atoms with Crippen LogP contribution in [-0.2, 0) is 16.1 Å². The molecule has 4 amide bonds. The fraction of sp³-hybridized carbons (Fsp3) is 0.500. The van der Waals surface area contributed by atoms with Crippen molar-refractivity contribution in [2.75, 3.05) is 6.54 Å². The number of hydrogen-bond donors (Lipinski definition) is 3. The van der Waals surface area contributed by atoms with E-state index in [-0.39, 0.29) is 18.7 Å². The van der Waals surface area contributed by atoms with Gasteiger partial charge in [0.05, 0.1) is 11.1 Å². The van der Waals surface area contributed by atoms with Crippen molar-refractivity contribution in [3.8, 4) is 0 Å². The molecule has 4 unspecified atom stereocenters. The molecule has 4 atom stereocenters. The number of carbonyl (C=O) groups is 4. The Morgan fingerprint density at radius 1 is 1.11 bits per heavy atom. The smallest absolute Gasteiger partial charge is 0.262 e. The Labute approximate surface area is 162 Å². The Balaban J connectivity index is 1.37. The van der Waals surface area contributed by atoms with E-state index in [9.17, 15) is 19.2 Å². The molecular weight excluding hydrogens is 360 g/mol. The van der Waals surface area contributed by atoms with Gasteiger partial charge in [0.25, 0.3) is 11.8 Å². The van der Waals surface area contributed by atoms with E-state index < -0.39 is 23.8 Å². The monoisotopic (exact) mass is 382 g/mol. The molecule has 3 N–H and O–H groups in total. The molecule has 5 rings (SSSR count). The van der Waals surface area contributed by atoms with Crippen LogP contribution < -0.4 is 16.0 Å². The van der Waals surface area contributed by atoms with Gasteiger partial charge in [0.15, 0.2) is 0 Å². The molecule has 4 aliphatic rings. The van der Waals surface area contributed by atoms with Gasteiger partial charge in [0.1, 0.15) is 6.04 Å². The third-order valence-electron chi connectivity index (χ3n) is 6.44. The van der Waals surface area contributed by atoms with Gasteiger partial charge in [-0.3, -0.25) is 29.4 Å². The van der Waals surface area contributed by atoms with Gasteiger partial charge in [-0.05, 0) is 43.4 Å². The number of imide groups is 2. The fourth-order valence-electron chi connectivity index (χ4n) is 5.05. The largest absolute Gasteiger partial charge is 0.312 e. The molecule has 2 bridgehead atoms. The van der Waals surface area contributed by atoms with Crippen LogP contribution in [0.2, 0.25) is 0 Å². The number of nitrogens with one attached hydrogen (secondary N) is 3. The quantitative estimate of drug-likeness (QED) is 0.629. The summed E-state index contributed by atoms with van der Waals surface area (Å²) in [5.74, 6) is -1.15. The minimum atomic E-state index is -0.930. The van der Waals surface area contributed by atoms with Gasteiger partial charge in [-0.25, -0.2) is 0 Å². The number of nitrogens with zero attached hydrogens (tertiary/aromatic N) is 1. The number of piperidine rings is 2. The van der Waals surface area contributed by atoms with Crippen LogP contribution in [0.1, 0.15) is 52.0 Å². The first-order valence-corrected chi connectivity index (χ1v) is 9.83. The van der Waals surface area contributed by atoms with Gasteiger partial charge in [0.2, 0.25) is 11.8 Å². The second-order valence-electron chi connectivity index (χ2n) is 8.13. The Bertz CT molecular complexity index is 898. The Morgan fingerprint density at radius 3 is 2.68 bits per heavy atom. The molecule has 3 fully saturated rings. The van der Waals surface area contributed by atoms with Crippen molar-refractivity contribution in [1.29, 1.82) is 0 Å². The van der Waals surface area contributed by atoms with Gasteiger partial charge >= 0.3 is 0 Å². The second-order valence-corrected chi connectivity index (χ2v) is 8.13. The average Bonchev–Trinajstić information content (AvgIpc) is 3.36. The first-order chi connectivity index (χ1) is 13.5. The van der Waals surface area contributed by atoms with Crippen LogP contribution in [0.5, 0.6) is 0 Å². The standard InChI is InChI=1S/C20H22N4O4/c25-16-5-4-15(18(26)23-16)24-19(27)12-3-1-2-11(17(12)20(24)28)9-22-14-7-10-6-13(14)21-8-10/h1-3,10,13-15,21-22H,4-9H2,(H,23,25,26). The molecule has 0 radical (unpaired) electrons. The van der Waals surface area contributed by atoms with Gasteiger partial charge < -0.3 is 10.6 Å². The fourth-order valence-corrected chi connectivity index (χ4v) is 5.05. The number of hydrogen-bond acceptors (Lipinski definition) is 6. The molecule has 2 saturated heterocycles. The first-order valence-electron chi connectivity index (χ1n) is 9.83. The normalized spacial score (nSPS) is 31.5. The number of carbonyl (C=O) groups excluding carboxylic acids is 4. The molecule has 3 aliphatic heterocycles. The summed E-state index contributed by atoms with van der Waals surface area (Å²) in [6.07, 6.45) is 2.60. The predicted octanol–water partition coefficient (Wildman–Crippen LogP) is -0.0722. The lowest BCUT2D eigenvalue weighted by Crippen LogP contribution is -2.54. The molecule has 1 aromatic carbocycles. The number of rotatable bonds is 4. The lowest BCUT2D eigenvalue weighted by atomic mass is 10.0. The van der Waals surface area contributed by atoms with Crippen molar-refractivity contribution in [2.45, 2.75) is 50.4 Å². The number of fused-ring (bicyclic) bond motifs is 3. The van der Waals surface area contributed by atoms with Crippen LogP contribution >= 0.6 is 0 Å². The number of benzene rings is 1. The van der Waals surface area contributed by atoms with Crippen LogP contribution in [0.15, 0.2) is 18.2 Å². The van der Waals surface area contributed by atoms with Crippen LogP contribution in [0.4, 0.5) is 0 Å². The van der Waals surface area contributed by atoms with Crippen LogP contribution in [0.3, 0.4) is 0 Å². The minimum Gasteiger partial charge on any atom is -0.312 e. The summed E-state index contributed by atoms with van der Waals surface area (Å²) in [7, 11) is 0. The van der Waals surface area contributed by atoms with Gasteiger partial charge in [-0.1, -0.05) is 12.1 Å². The third-order valence-corrected chi connectivity index (χ3v) is 6.44. The second kappa shape index (κ2) is 6.49. The molecule has 1 aliphatic carbocycles. The van der Waals surface area contributed by atoms with E-state index in [0.29, 0.717) is 29.8 Å². The maximum atomic E-state index is 13.1. The molecule has 28 heavy (non-hydrogen) atoms. The highest BCUT2D eigenvalue weighted by Gasteiger charge is 2.45. The van der Waals surface area contributed by atoms with Gasteiger partial charge in [-0.2, -0.15) is 0 Å². The summed E-state index contributed by atoms with van der Waals surface area (Å²) in [4.78, 5) is 50.6. The van der Waals surface area contributed by atoms with Crippen molar-refractivity contribution in [3.63, 3.8) is 0 Å². The van der Waals surface area contributed by atoms with Crippen molar-refractivity contribution >= 4 is 23.6 Å². The molecular formula is C20H22N4O4. The van der Waals surface area contributed by atoms with Gasteiger partial charge in [0, 0.05) is 25.0 Å². The van der Waals surface area contributed by atoms with Crippen molar-refractivity contribution in [1.82, 2.24) is 20.9 Å². The van der Waals surface area contributed by atoms with E-state index >= 15 is 0 Å². The van der Waals surface area contributed by atoms with E-state index in [1.807, 2.05) is 6.07 Å². The molecule has 0 aromatic heterocycles. The molecule has 8 heteroatoms. The van der Waals surface area contributed by atoms with Crippen LogP contribution in [-0.4, -0.2) is 53.2 Å². The average molecular weight is 382 g/mol. The lowest BCUT2D eigenvalue weighted by Gasteiger charge is -2.28. The Hall–Kier alpha value is -2.58. The van der Waals surface area contributed by atoms with E-state index in [1.54, 1.807) is 12.1 Å². The minimum absolute atomic E-state index is 0.120. The molecule has 1 saturated carbocycles. The van der Waals surface area contributed by atoms with Crippen LogP contribution in [0.25, 0.3) is 0 Å². The van der Waals surface area contributed by atoms with E-state index in [0.717, 1.165) is 29.3 Å². The summed E-state index contributed by atoms with van der Waals surface area (Å²) >= 11 is 0. The maximum absolute atomic E-state index is 13.1. The maximum Gasteiger partial charge on any atom is 0.262 e. The Morgan fingerprint density at radius 2 is 1.96 bits per heavy atom. The topological polar surface area (TPSA) is 108 Å². The summed E-state index contributed by atoms with van der Waals surface area (Å²) < 4.78 is 0. The highest BCUT2D eigenvalue weighted by atomic mass is 16.2. The van der Waals surface area contributed by atoms with Crippen LogP contribution in [0, 0.1) is 5.92 Å². The highest BCUT2D eigenvalue weighted by molar-refractivity contribution is 6.24. The van der Waals surface area contributed by atoms with E-state index in [2.05, 4.69) is 16.0 Å². The molecule has 146 valence electrons. The summed E-state index contributed by atoms with van der Waals surface area (Å²) in [5.41, 5.74) is 1.48. The zero-order chi connectivity index (χ0) is 19.4. The Kier molecular flexibility index (Phi) is 4.06.